The Hall–Kier alpha value is -1.55. The summed E-state index contributed by atoms with van der Waals surface area (Å²) in [6, 6.07) is 8.17. The molecule has 0 atom stereocenters. The molecular formula is C14H20ClN3O. The topological polar surface area (TPSA) is 46.9 Å². The number of aryl methyl sites for hydroxylation is 1. The van der Waals surface area contributed by atoms with E-state index < -0.39 is 0 Å². The highest BCUT2D eigenvalue weighted by molar-refractivity contribution is 5.85. The summed E-state index contributed by atoms with van der Waals surface area (Å²) in [7, 11) is 0. The highest BCUT2D eigenvalue weighted by Gasteiger charge is 2.09. The number of hydrogen-bond donors (Lipinski definition) is 1. The van der Waals surface area contributed by atoms with E-state index in [0.29, 0.717) is 6.54 Å². The van der Waals surface area contributed by atoms with Crippen LogP contribution in [-0.2, 0) is 17.8 Å². The number of aromatic nitrogens is 2. The first-order chi connectivity index (χ1) is 8.72. The zero-order chi connectivity index (χ0) is 13.0. The lowest BCUT2D eigenvalue weighted by molar-refractivity contribution is -0.118. The van der Waals surface area contributed by atoms with Crippen molar-refractivity contribution < 1.29 is 4.79 Å². The minimum atomic E-state index is 0. The molecule has 0 aliphatic rings. The van der Waals surface area contributed by atoms with E-state index in [9.17, 15) is 4.79 Å². The van der Waals surface area contributed by atoms with Gasteiger partial charge in [-0.15, -0.1) is 12.4 Å². The van der Waals surface area contributed by atoms with Gasteiger partial charge in [0.05, 0.1) is 11.0 Å². The molecule has 0 saturated heterocycles. The predicted octanol–water partition coefficient (Wildman–Crippen LogP) is 2.55. The van der Waals surface area contributed by atoms with Crippen LogP contribution in [0.5, 0.6) is 0 Å². The zero-order valence-electron chi connectivity index (χ0n) is 11.3. The van der Waals surface area contributed by atoms with E-state index in [1.807, 2.05) is 18.2 Å². The molecule has 0 saturated carbocycles. The Kier molecular flexibility index (Phi) is 5.83. The van der Waals surface area contributed by atoms with Gasteiger partial charge in [-0.25, -0.2) is 4.98 Å². The Labute approximate surface area is 119 Å². The van der Waals surface area contributed by atoms with Crippen LogP contribution in [0.4, 0.5) is 0 Å². The molecule has 5 heteroatoms. The van der Waals surface area contributed by atoms with Crippen molar-refractivity contribution in [2.75, 3.05) is 6.54 Å². The summed E-state index contributed by atoms with van der Waals surface area (Å²) in [4.78, 5) is 15.5. The summed E-state index contributed by atoms with van der Waals surface area (Å²) in [5, 5.41) is 2.82. The molecule has 0 spiro atoms. The molecule has 1 heterocycles. The molecule has 2 rings (SSSR count). The first-order valence-corrected chi connectivity index (χ1v) is 6.41. The van der Waals surface area contributed by atoms with E-state index in [0.717, 1.165) is 30.7 Å². The number of para-hydroxylation sites is 2. The summed E-state index contributed by atoms with van der Waals surface area (Å²) in [6.07, 6.45) is 1.85. The molecule has 1 aromatic carbocycles. The fraction of sp³-hybridized carbons (Fsp3) is 0.429. The van der Waals surface area contributed by atoms with Gasteiger partial charge in [0.15, 0.2) is 0 Å². The van der Waals surface area contributed by atoms with Crippen molar-refractivity contribution in [1.29, 1.82) is 0 Å². The molecule has 0 radical (unpaired) electrons. The monoisotopic (exact) mass is 281 g/mol. The van der Waals surface area contributed by atoms with E-state index in [1.165, 1.54) is 12.4 Å². The number of nitrogens with one attached hydrogen (secondary N) is 1. The molecule has 2 aromatic rings. The maximum Gasteiger partial charge on any atom is 0.216 e. The average Bonchev–Trinajstić information content (AvgIpc) is 2.68. The van der Waals surface area contributed by atoms with Gasteiger partial charge in [0.2, 0.25) is 5.91 Å². The summed E-state index contributed by atoms with van der Waals surface area (Å²) >= 11 is 0. The molecule has 0 aliphatic carbocycles. The van der Waals surface area contributed by atoms with E-state index in [1.54, 1.807) is 0 Å². The number of benzene rings is 1. The minimum absolute atomic E-state index is 0. The van der Waals surface area contributed by atoms with Gasteiger partial charge in [-0.2, -0.15) is 0 Å². The van der Waals surface area contributed by atoms with Gasteiger partial charge in [-0.3, -0.25) is 4.79 Å². The second-order valence-corrected chi connectivity index (χ2v) is 4.40. The number of imidazole rings is 1. The van der Waals surface area contributed by atoms with Gasteiger partial charge >= 0.3 is 0 Å². The number of fused-ring (bicyclic) bond motifs is 1. The predicted molar refractivity (Wildman–Crippen MR) is 79.7 cm³/mol. The highest BCUT2D eigenvalue weighted by atomic mass is 35.5. The third-order valence-electron chi connectivity index (χ3n) is 2.90. The van der Waals surface area contributed by atoms with Crippen molar-refractivity contribution in [2.24, 2.45) is 0 Å². The minimum Gasteiger partial charge on any atom is -0.356 e. The van der Waals surface area contributed by atoms with Crippen LogP contribution in [0.25, 0.3) is 11.0 Å². The van der Waals surface area contributed by atoms with E-state index in [2.05, 4.69) is 27.9 Å². The number of carbonyl (C=O) groups excluding carboxylic acids is 1. The highest BCUT2D eigenvalue weighted by Crippen LogP contribution is 2.16. The second kappa shape index (κ2) is 7.14. The number of rotatable bonds is 5. The Balaban J connectivity index is 0.00000180. The molecule has 1 amide bonds. The molecule has 104 valence electrons. The molecule has 0 aliphatic heterocycles. The number of hydrogen-bond acceptors (Lipinski definition) is 2. The van der Waals surface area contributed by atoms with Crippen molar-refractivity contribution >= 4 is 29.3 Å². The molecule has 0 fully saturated rings. The SMILES string of the molecule is CCCn1c(CCNC(C)=O)nc2ccccc21.Cl. The first-order valence-electron chi connectivity index (χ1n) is 6.41. The normalized spacial score (nSPS) is 10.2. The molecule has 0 unspecified atom stereocenters. The molecule has 4 nitrogen and oxygen atoms in total. The Morgan fingerprint density at radius 2 is 2.11 bits per heavy atom. The van der Waals surface area contributed by atoms with Gasteiger partial charge in [0, 0.05) is 26.4 Å². The van der Waals surface area contributed by atoms with Gasteiger partial charge < -0.3 is 9.88 Å². The van der Waals surface area contributed by atoms with Crippen molar-refractivity contribution in [3.8, 4) is 0 Å². The first kappa shape index (κ1) is 15.5. The van der Waals surface area contributed by atoms with Crippen LogP contribution in [0.3, 0.4) is 0 Å². The standard InChI is InChI=1S/C14H19N3O.ClH/c1-3-10-17-13-7-5-4-6-12(13)16-14(17)8-9-15-11(2)18;/h4-7H,3,8-10H2,1-2H3,(H,15,18);1H. The van der Waals surface area contributed by atoms with Gasteiger partial charge in [0.1, 0.15) is 5.82 Å². The van der Waals surface area contributed by atoms with Crippen LogP contribution in [0.1, 0.15) is 26.1 Å². The van der Waals surface area contributed by atoms with Crippen molar-refractivity contribution in [3.05, 3.63) is 30.1 Å². The fourth-order valence-electron chi connectivity index (χ4n) is 2.14. The van der Waals surface area contributed by atoms with Crippen LogP contribution in [0, 0.1) is 0 Å². The summed E-state index contributed by atoms with van der Waals surface area (Å²) < 4.78 is 2.25. The summed E-state index contributed by atoms with van der Waals surface area (Å²) in [6.45, 7) is 5.31. The van der Waals surface area contributed by atoms with Crippen molar-refractivity contribution in [3.63, 3.8) is 0 Å². The lowest BCUT2D eigenvalue weighted by atomic mass is 10.3. The third-order valence-corrected chi connectivity index (χ3v) is 2.90. The van der Waals surface area contributed by atoms with Crippen LogP contribution in [-0.4, -0.2) is 22.0 Å². The van der Waals surface area contributed by atoms with Crippen LogP contribution in [0.2, 0.25) is 0 Å². The lowest BCUT2D eigenvalue weighted by Crippen LogP contribution is -2.23. The molecule has 0 bridgehead atoms. The fourth-order valence-corrected chi connectivity index (χ4v) is 2.14. The Morgan fingerprint density at radius 1 is 1.37 bits per heavy atom. The molecule has 19 heavy (non-hydrogen) atoms. The van der Waals surface area contributed by atoms with Crippen molar-refractivity contribution in [2.45, 2.75) is 33.2 Å². The number of carbonyl (C=O) groups is 1. The molecule has 1 aromatic heterocycles. The third kappa shape index (κ3) is 3.70. The molecular weight excluding hydrogens is 262 g/mol. The second-order valence-electron chi connectivity index (χ2n) is 4.40. The quantitative estimate of drug-likeness (QED) is 0.915. The summed E-state index contributed by atoms with van der Waals surface area (Å²) in [5.41, 5.74) is 2.21. The van der Waals surface area contributed by atoms with Gasteiger partial charge in [-0.1, -0.05) is 19.1 Å². The maximum atomic E-state index is 10.9. The zero-order valence-corrected chi connectivity index (χ0v) is 12.2. The number of nitrogens with zero attached hydrogens (tertiary/aromatic N) is 2. The summed E-state index contributed by atoms with van der Waals surface area (Å²) in [5.74, 6) is 1.06. The molecule has 1 N–H and O–H groups in total. The van der Waals surface area contributed by atoms with Gasteiger partial charge in [-0.05, 0) is 18.6 Å². The van der Waals surface area contributed by atoms with Crippen LogP contribution >= 0.6 is 12.4 Å². The lowest BCUT2D eigenvalue weighted by Gasteiger charge is -2.07. The van der Waals surface area contributed by atoms with E-state index in [-0.39, 0.29) is 18.3 Å². The average molecular weight is 282 g/mol. The van der Waals surface area contributed by atoms with E-state index >= 15 is 0 Å². The smallest absolute Gasteiger partial charge is 0.216 e. The van der Waals surface area contributed by atoms with Gasteiger partial charge in [0.25, 0.3) is 0 Å². The van der Waals surface area contributed by atoms with Crippen LogP contribution < -0.4 is 5.32 Å². The number of halogens is 1. The largest absolute Gasteiger partial charge is 0.356 e. The van der Waals surface area contributed by atoms with Crippen molar-refractivity contribution in [1.82, 2.24) is 14.9 Å². The number of amides is 1. The Morgan fingerprint density at radius 3 is 2.79 bits per heavy atom. The van der Waals surface area contributed by atoms with Crippen LogP contribution in [0.15, 0.2) is 24.3 Å². The van der Waals surface area contributed by atoms with E-state index in [4.69, 9.17) is 0 Å². The Bertz CT molecular complexity index is 551. The maximum absolute atomic E-state index is 10.9.